The monoisotopic (exact) mass is 240 g/mol. The third-order valence-corrected chi connectivity index (χ3v) is 2.82. The van der Waals surface area contributed by atoms with Crippen LogP contribution in [0.4, 0.5) is 13.2 Å². The lowest BCUT2D eigenvalue weighted by Crippen LogP contribution is -2.52. The Bertz CT molecular complexity index is 247. The van der Waals surface area contributed by atoms with Crippen LogP contribution in [0.25, 0.3) is 0 Å². The van der Waals surface area contributed by atoms with E-state index in [0.717, 1.165) is 6.92 Å². The van der Waals surface area contributed by atoms with Crippen LogP contribution in [-0.2, 0) is 9.53 Å². The van der Waals surface area contributed by atoms with Gasteiger partial charge in [0.05, 0.1) is 6.10 Å². The first-order valence-corrected chi connectivity index (χ1v) is 5.12. The van der Waals surface area contributed by atoms with Crippen LogP contribution >= 0.6 is 0 Å². The molecule has 0 aromatic carbocycles. The molecule has 0 N–H and O–H groups in total. The third-order valence-electron chi connectivity index (χ3n) is 2.82. The average molecular weight is 240 g/mol. The van der Waals surface area contributed by atoms with Crippen LogP contribution in [0.3, 0.4) is 0 Å². The van der Waals surface area contributed by atoms with Crippen molar-refractivity contribution >= 4 is 5.97 Å². The van der Waals surface area contributed by atoms with Crippen LogP contribution < -0.4 is 0 Å². The molecule has 0 spiro atoms. The molecule has 0 radical (unpaired) electrons. The second-order valence-corrected chi connectivity index (χ2v) is 5.33. The molecule has 96 valence electrons. The summed E-state index contributed by atoms with van der Waals surface area (Å²) in [5, 5.41) is 0. The van der Waals surface area contributed by atoms with Crippen molar-refractivity contribution in [2.75, 3.05) is 0 Å². The summed E-state index contributed by atoms with van der Waals surface area (Å²) in [4.78, 5) is 11.6. The zero-order valence-electron chi connectivity index (χ0n) is 10.5. The lowest BCUT2D eigenvalue weighted by Gasteiger charge is -2.40. The maximum atomic E-state index is 13.0. The van der Waals surface area contributed by atoms with Crippen molar-refractivity contribution in [3.8, 4) is 0 Å². The Morgan fingerprint density at radius 3 is 1.62 bits per heavy atom. The number of carbonyl (C=O) groups excluding carboxylic acids is 1. The molecule has 0 saturated carbocycles. The summed E-state index contributed by atoms with van der Waals surface area (Å²) in [6, 6.07) is 0. The van der Waals surface area contributed by atoms with Gasteiger partial charge in [0.2, 0.25) is 0 Å². The van der Waals surface area contributed by atoms with Gasteiger partial charge in [-0.3, -0.25) is 4.79 Å². The van der Waals surface area contributed by atoms with E-state index in [0.29, 0.717) is 0 Å². The molecule has 2 nitrogen and oxygen atoms in total. The molecule has 0 aliphatic carbocycles. The second kappa shape index (κ2) is 4.26. The van der Waals surface area contributed by atoms with Crippen molar-refractivity contribution < 1.29 is 22.7 Å². The van der Waals surface area contributed by atoms with E-state index in [-0.39, 0.29) is 0 Å². The van der Waals surface area contributed by atoms with Crippen LogP contribution in [0.15, 0.2) is 0 Å². The molecule has 0 fully saturated rings. The smallest absolute Gasteiger partial charge is 0.405 e. The minimum atomic E-state index is -4.63. The van der Waals surface area contributed by atoms with Gasteiger partial charge < -0.3 is 4.74 Å². The summed E-state index contributed by atoms with van der Waals surface area (Å²) in [5.41, 5.74) is -3.75. The number of hydrogen-bond acceptors (Lipinski definition) is 2. The number of ether oxygens (including phenoxy) is 1. The first kappa shape index (κ1) is 15.3. The Morgan fingerprint density at radius 1 is 1.06 bits per heavy atom. The summed E-state index contributed by atoms with van der Waals surface area (Å²) >= 11 is 0. The first-order valence-electron chi connectivity index (χ1n) is 5.12. The standard InChI is InChI=1S/C11H19F3O2/c1-7(2)16-8(15)10(6,9(3,4)5)11(12,13)14/h7H,1-6H3. The van der Waals surface area contributed by atoms with Crippen molar-refractivity contribution in [1.29, 1.82) is 0 Å². The topological polar surface area (TPSA) is 26.3 Å². The van der Waals surface area contributed by atoms with Gasteiger partial charge in [-0.15, -0.1) is 0 Å². The Labute approximate surface area is 94.2 Å². The molecule has 0 amide bonds. The number of rotatable bonds is 2. The summed E-state index contributed by atoms with van der Waals surface area (Å²) in [6.45, 7) is 8.07. The number of hydrogen-bond donors (Lipinski definition) is 0. The molecular formula is C11H19F3O2. The first-order chi connectivity index (χ1) is 6.84. The van der Waals surface area contributed by atoms with Crippen molar-refractivity contribution in [2.24, 2.45) is 10.8 Å². The molecule has 0 heterocycles. The zero-order chi connectivity index (χ0) is 13.4. The van der Waals surface area contributed by atoms with E-state index in [9.17, 15) is 18.0 Å². The summed E-state index contributed by atoms with van der Waals surface area (Å²) in [7, 11) is 0. The van der Waals surface area contributed by atoms with Crippen LogP contribution in [0.1, 0.15) is 41.5 Å². The lowest BCUT2D eigenvalue weighted by atomic mass is 9.67. The summed E-state index contributed by atoms with van der Waals surface area (Å²) in [6.07, 6.45) is -5.19. The normalized spacial score (nSPS) is 17.1. The lowest BCUT2D eigenvalue weighted by molar-refractivity contribution is -0.256. The maximum Gasteiger partial charge on any atom is 0.405 e. The highest BCUT2D eigenvalue weighted by atomic mass is 19.4. The predicted octanol–water partition coefficient (Wildman–Crippen LogP) is 3.55. The van der Waals surface area contributed by atoms with Gasteiger partial charge in [-0.05, 0) is 26.2 Å². The van der Waals surface area contributed by atoms with Gasteiger partial charge in [-0.2, -0.15) is 13.2 Å². The fourth-order valence-electron chi connectivity index (χ4n) is 1.18. The van der Waals surface area contributed by atoms with Crippen molar-refractivity contribution in [1.82, 2.24) is 0 Å². The fourth-order valence-corrected chi connectivity index (χ4v) is 1.18. The van der Waals surface area contributed by atoms with Crippen LogP contribution in [-0.4, -0.2) is 18.2 Å². The van der Waals surface area contributed by atoms with Gasteiger partial charge in [0.15, 0.2) is 5.41 Å². The molecule has 1 unspecified atom stereocenters. The second-order valence-electron chi connectivity index (χ2n) is 5.33. The number of esters is 1. The zero-order valence-corrected chi connectivity index (χ0v) is 10.5. The molecule has 0 bridgehead atoms. The highest BCUT2D eigenvalue weighted by Gasteiger charge is 2.64. The molecular weight excluding hydrogens is 221 g/mol. The van der Waals surface area contributed by atoms with E-state index in [1.807, 2.05) is 0 Å². The average Bonchev–Trinajstić information content (AvgIpc) is 1.96. The molecule has 0 rings (SSSR count). The Balaban J connectivity index is 5.36. The predicted molar refractivity (Wildman–Crippen MR) is 54.8 cm³/mol. The molecule has 1 atom stereocenters. The van der Waals surface area contributed by atoms with E-state index in [2.05, 4.69) is 0 Å². The van der Waals surface area contributed by atoms with E-state index in [4.69, 9.17) is 4.74 Å². The van der Waals surface area contributed by atoms with Gasteiger partial charge in [-0.25, -0.2) is 0 Å². The quantitative estimate of drug-likeness (QED) is 0.690. The summed E-state index contributed by atoms with van der Waals surface area (Å²) < 4.78 is 43.7. The van der Waals surface area contributed by atoms with E-state index >= 15 is 0 Å². The highest BCUT2D eigenvalue weighted by molar-refractivity contribution is 5.78. The van der Waals surface area contributed by atoms with Crippen molar-refractivity contribution in [3.05, 3.63) is 0 Å². The van der Waals surface area contributed by atoms with Crippen LogP contribution in [0.2, 0.25) is 0 Å². The maximum absolute atomic E-state index is 13.0. The molecule has 0 aliphatic rings. The minimum Gasteiger partial charge on any atom is -0.462 e. The molecule has 0 aromatic rings. The Hall–Kier alpha value is -0.740. The van der Waals surface area contributed by atoms with Gasteiger partial charge >= 0.3 is 12.1 Å². The van der Waals surface area contributed by atoms with E-state index in [1.165, 1.54) is 34.6 Å². The highest BCUT2D eigenvalue weighted by Crippen LogP contribution is 2.51. The SMILES string of the molecule is CC(C)OC(=O)C(C)(C(C)(C)C)C(F)(F)F. The fraction of sp³-hybridized carbons (Fsp3) is 0.909. The molecule has 0 saturated heterocycles. The molecule has 0 aromatic heterocycles. The number of carbonyl (C=O) groups is 1. The van der Waals surface area contributed by atoms with Crippen LogP contribution in [0, 0.1) is 10.8 Å². The van der Waals surface area contributed by atoms with Gasteiger partial charge in [0.25, 0.3) is 0 Å². The van der Waals surface area contributed by atoms with E-state index in [1.54, 1.807) is 0 Å². The molecule has 16 heavy (non-hydrogen) atoms. The minimum absolute atomic E-state index is 0.559. The summed E-state index contributed by atoms with van der Waals surface area (Å²) in [5.74, 6) is -1.22. The van der Waals surface area contributed by atoms with Gasteiger partial charge in [0, 0.05) is 0 Å². The third kappa shape index (κ3) is 2.68. The molecule has 5 heteroatoms. The van der Waals surface area contributed by atoms with Crippen molar-refractivity contribution in [2.45, 2.75) is 53.8 Å². The van der Waals surface area contributed by atoms with Crippen molar-refractivity contribution in [3.63, 3.8) is 0 Å². The van der Waals surface area contributed by atoms with Crippen LogP contribution in [0.5, 0.6) is 0 Å². The Morgan fingerprint density at radius 2 is 1.44 bits per heavy atom. The number of alkyl halides is 3. The number of halogens is 3. The van der Waals surface area contributed by atoms with E-state index < -0.39 is 29.1 Å². The largest absolute Gasteiger partial charge is 0.462 e. The Kier molecular flexibility index (Phi) is 4.06. The van der Waals surface area contributed by atoms with Gasteiger partial charge in [-0.1, -0.05) is 20.8 Å². The molecule has 0 aliphatic heterocycles. The van der Waals surface area contributed by atoms with Gasteiger partial charge in [0.1, 0.15) is 0 Å².